The second-order valence-corrected chi connectivity index (χ2v) is 9.47. The highest BCUT2D eigenvalue weighted by atomic mass is 32.2. The lowest BCUT2D eigenvalue weighted by Gasteiger charge is -2.14. The molecule has 0 unspecified atom stereocenters. The second kappa shape index (κ2) is 8.02. The first-order chi connectivity index (χ1) is 13.6. The molecule has 3 heterocycles. The maximum atomic E-state index is 13.4. The third kappa shape index (κ3) is 3.69. The van der Waals surface area contributed by atoms with Crippen molar-refractivity contribution < 1.29 is 0 Å². The van der Waals surface area contributed by atoms with Crippen molar-refractivity contribution in [2.75, 3.05) is 0 Å². The van der Waals surface area contributed by atoms with Crippen LogP contribution in [0.2, 0.25) is 0 Å². The van der Waals surface area contributed by atoms with Gasteiger partial charge < -0.3 is 0 Å². The number of hydrogen-bond donors (Lipinski definition) is 0. The molecular weight excluding hydrogens is 390 g/mol. The van der Waals surface area contributed by atoms with E-state index in [9.17, 15) is 4.79 Å². The molecule has 28 heavy (non-hydrogen) atoms. The van der Waals surface area contributed by atoms with Crippen molar-refractivity contribution in [3.05, 3.63) is 38.6 Å². The summed E-state index contributed by atoms with van der Waals surface area (Å²) in [4.78, 5) is 20.4. The molecule has 0 saturated heterocycles. The molecule has 4 rings (SSSR count). The monoisotopic (exact) mass is 411 g/mol. The van der Waals surface area contributed by atoms with Crippen LogP contribution in [0.4, 0.5) is 0 Å². The van der Waals surface area contributed by atoms with E-state index in [0.29, 0.717) is 22.6 Å². The molecule has 0 aromatic carbocycles. The summed E-state index contributed by atoms with van der Waals surface area (Å²) < 4.78 is 1.80. The van der Waals surface area contributed by atoms with Crippen LogP contribution < -0.4 is 5.56 Å². The zero-order valence-corrected chi connectivity index (χ0v) is 17.6. The van der Waals surface area contributed by atoms with E-state index in [-0.39, 0.29) is 11.3 Å². The minimum Gasteiger partial charge on any atom is -0.287 e. The van der Waals surface area contributed by atoms with E-state index in [2.05, 4.69) is 24.0 Å². The minimum absolute atomic E-state index is 0.0640. The number of hydrogen-bond acceptors (Lipinski definition) is 7. The lowest BCUT2D eigenvalue weighted by Crippen LogP contribution is -2.24. The summed E-state index contributed by atoms with van der Waals surface area (Å²) in [6.07, 6.45) is 5.26. The summed E-state index contributed by atoms with van der Waals surface area (Å²) in [5, 5.41) is 19.0. The summed E-state index contributed by atoms with van der Waals surface area (Å²) >= 11 is 3.00. The molecule has 3 aromatic rings. The number of thiophene rings is 1. The summed E-state index contributed by atoms with van der Waals surface area (Å²) in [7, 11) is 0. The van der Waals surface area contributed by atoms with Crippen molar-refractivity contribution in [1.82, 2.24) is 19.7 Å². The molecule has 1 aliphatic rings. The zero-order valence-electron chi connectivity index (χ0n) is 15.9. The van der Waals surface area contributed by atoms with Gasteiger partial charge in [0.1, 0.15) is 15.9 Å². The van der Waals surface area contributed by atoms with Gasteiger partial charge >= 0.3 is 0 Å². The van der Waals surface area contributed by atoms with E-state index in [1.807, 2.05) is 6.07 Å². The molecule has 0 amide bonds. The first-order valence-corrected chi connectivity index (χ1v) is 11.2. The smallest absolute Gasteiger partial charge is 0.263 e. The average molecular weight is 412 g/mol. The van der Waals surface area contributed by atoms with Gasteiger partial charge in [-0.1, -0.05) is 13.8 Å². The predicted molar refractivity (Wildman–Crippen MR) is 111 cm³/mol. The van der Waals surface area contributed by atoms with Crippen molar-refractivity contribution >= 4 is 33.3 Å². The van der Waals surface area contributed by atoms with Gasteiger partial charge in [0.05, 0.1) is 5.39 Å². The summed E-state index contributed by atoms with van der Waals surface area (Å²) in [5.41, 5.74) is 1.56. The van der Waals surface area contributed by atoms with E-state index in [1.54, 1.807) is 28.0 Å². The van der Waals surface area contributed by atoms with Crippen LogP contribution in [0.25, 0.3) is 10.2 Å². The van der Waals surface area contributed by atoms with E-state index < -0.39 is 0 Å². The normalized spacial score (nSPS) is 13.6. The largest absolute Gasteiger partial charge is 0.287 e. The SMILES string of the molecule is CC(C)CCn1c(Sc2ccc(C#N)nn2)nc2sc3c(c2c1=O)CCCC3. The van der Waals surface area contributed by atoms with Crippen LogP contribution in [0.15, 0.2) is 27.1 Å². The van der Waals surface area contributed by atoms with Gasteiger partial charge in [0.25, 0.3) is 5.56 Å². The molecule has 0 atom stereocenters. The minimum atomic E-state index is 0.0640. The molecule has 0 N–H and O–H groups in total. The van der Waals surface area contributed by atoms with Crippen LogP contribution in [-0.2, 0) is 19.4 Å². The van der Waals surface area contributed by atoms with Crippen LogP contribution in [-0.4, -0.2) is 19.7 Å². The Hall–Kier alpha value is -2.24. The van der Waals surface area contributed by atoms with Crippen molar-refractivity contribution in [1.29, 1.82) is 5.26 Å². The standard InChI is InChI=1S/C20H21N5OS2/c1-12(2)9-10-25-19(26)17-14-5-3-4-6-15(14)27-18(17)22-20(25)28-16-8-7-13(11-21)23-24-16/h7-8,12H,3-6,9-10H2,1-2H3. The van der Waals surface area contributed by atoms with Gasteiger partial charge in [-0.05, 0) is 67.5 Å². The lowest BCUT2D eigenvalue weighted by molar-refractivity contribution is 0.481. The summed E-state index contributed by atoms with van der Waals surface area (Å²) in [5.74, 6) is 0.492. The van der Waals surface area contributed by atoms with Gasteiger partial charge in [0, 0.05) is 11.4 Å². The van der Waals surface area contributed by atoms with Gasteiger partial charge in [-0.25, -0.2) is 4.98 Å². The zero-order chi connectivity index (χ0) is 19.7. The fourth-order valence-corrected chi connectivity index (χ4v) is 5.55. The second-order valence-electron chi connectivity index (χ2n) is 7.40. The number of fused-ring (bicyclic) bond motifs is 3. The van der Waals surface area contributed by atoms with Gasteiger partial charge in [0.15, 0.2) is 10.9 Å². The van der Waals surface area contributed by atoms with Gasteiger partial charge in [-0.2, -0.15) is 5.26 Å². The molecule has 0 bridgehead atoms. The molecular formula is C20H21N5OS2. The molecule has 8 heteroatoms. The summed E-state index contributed by atoms with van der Waals surface area (Å²) in [6.45, 7) is 4.95. The number of aromatic nitrogens is 4. The van der Waals surface area contributed by atoms with Crippen LogP contribution in [0.1, 0.15) is 49.2 Å². The van der Waals surface area contributed by atoms with Crippen molar-refractivity contribution in [2.24, 2.45) is 5.92 Å². The molecule has 144 valence electrons. The molecule has 1 aliphatic carbocycles. The highest BCUT2D eigenvalue weighted by Crippen LogP contribution is 2.35. The number of aryl methyl sites for hydroxylation is 2. The Kier molecular flexibility index (Phi) is 5.47. The van der Waals surface area contributed by atoms with Crippen LogP contribution >= 0.6 is 23.1 Å². The van der Waals surface area contributed by atoms with Crippen LogP contribution in [0, 0.1) is 17.2 Å². The van der Waals surface area contributed by atoms with E-state index in [4.69, 9.17) is 10.2 Å². The maximum Gasteiger partial charge on any atom is 0.263 e. The Bertz CT molecular complexity index is 1110. The van der Waals surface area contributed by atoms with Crippen LogP contribution in [0.3, 0.4) is 0 Å². The quantitative estimate of drug-likeness (QED) is 0.585. The van der Waals surface area contributed by atoms with E-state index in [0.717, 1.165) is 35.9 Å². The Balaban J connectivity index is 1.81. The van der Waals surface area contributed by atoms with E-state index in [1.165, 1.54) is 28.6 Å². The molecule has 0 saturated carbocycles. The molecule has 0 fully saturated rings. The van der Waals surface area contributed by atoms with Crippen molar-refractivity contribution in [2.45, 2.75) is 62.7 Å². The predicted octanol–water partition coefficient (Wildman–Crippen LogP) is 4.20. The lowest BCUT2D eigenvalue weighted by atomic mass is 9.97. The number of rotatable bonds is 5. The highest BCUT2D eigenvalue weighted by molar-refractivity contribution is 7.99. The third-order valence-electron chi connectivity index (χ3n) is 4.92. The molecule has 6 nitrogen and oxygen atoms in total. The van der Waals surface area contributed by atoms with Crippen LogP contribution in [0.5, 0.6) is 0 Å². The fourth-order valence-electron chi connectivity index (χ4n) is 3.41. The summed E-state index contributed by atoms with van der Waals surface area (Å²) in [6, 6.07) is 5.35. The van der Waals surface area contributed by atoms with Gasteiger partial charge in [-0.3, -0.25) is 9.36 Å². The fraction of sp³-hybridized carbons (Fsp3) is 0.450. The first-order valence-electron chi connectivity index (χ1n) is 9.53. The first kappa shape index (κ1) is 19.1. The molecule has 0 aliphatic heterocycles. The van der Waals surface area contributed by atoms with Gasteiger partial charge in [0.2, 0.25) is 0 Å². The molecule has 0 radical (unpaired) electrons. The molecule has 0 spiro atoms. The van der Waals surface area contributed by atoms with E-state index >= 15 is 0 Å². The third-order valence-corrected chi connectivity index (χ3v) is 7.03. The Labute approximate surface area is 171 Å². The Morgan fingerprint density at radius 3 is 2.82 bits per heavy atom. The Morgan fingerprint density at radius 2 is 2.11 bits per heavy atom. The van der Waals surface area contributed by atoms with Crippen molar-refractivity contribution in [3.8, 4) is 6.07 Å². The maximum absolute atomic E-state index is 13.4. The number of nitrogens with zero attached hydrogens (tertiary/aromatic N) is 5. The Morgan fingerprint density at radius 1 is 1.29 bits per heavy atom. The molecule has 3 aromatic heterocycles. The highest BCUT2D eigenvalue weighted by Gasteiger charge is 2.22. The topological polar surface area (TPSA) is 84.5 Å². The average Bonchev–Trinajstić information content (AvgIpc) is 3.06. The van der Waals surface area contributed by atoms with Crippen molar-refractivity contribution in [3.63, 3.8) is 0 Å². The van der Waals surface area contributed by atoms with Gasteiger partial charge in [-0.15, -0.1) is 21.5 Å². The number of nitriles is 1.